The van der Waals surface area contributed by atoms with E-state index in [0.717, 1.165) is 55.8 Å². The smallest absolute Gasteiger partial charge is 0.234 e. The second-order valence-corrected chi connectivity index (χ2v) is 9.49. The van der Waals surface area contributed by atoms with Crippen LogP contribution in [0.25, 0.3) is 0 Å². The summed E-state index contributed by atoms with van der Waals surface area (Å²) in [7, 11) is 0. The van der Waals surface area contributed by atoms with Gasteiger partial charge in [0.1, 0.15) is 0 Å². The Kier molecular flexibility index (Phi) is 4.88. The highest BCUT2D eigenvalue weighted by Crippen LogP contribution is 2.53. The third kappa shape index (κ3) is 3.65. The molecule has 0 aromatic carbocycles. The number of piperazine rings is 1. The summed E-state index contributed by atoms with van der Waals surface area (Å²) in [6.45, 7) is 10.7. The van der Waals surface area contributed by atoms with E-state index in [-0.39, 0.29) is 5.91 Å². The van der Waals surface area contributed by atoms with Crippen LogP contribution >= 0.6 is 0 Å². The molecule has 0 atom stereocenters. The van der Waals surface area contributed by atoms with Gasteiger partial charge in [-0.25, -0.2) is 0 Å². The van der Waals surface area contributed by atoms with Gasteiger partial charge >= 0.3 is 0 Å². The monoisotopic (exact) mass is 333 g/mol. The molecule has 1 aliphatic heterocycles. The highest BCUT2D eigenvalue weighted by molar-refractivity contribution is 5.78. The Balaban J connectivity index is 1.23. The summed E-state index contributed by atoms with van der Waals surface area (Å²) in [4.78, 5) is 17.5. The summed E-state index contributed by atoms with van der Waals surface area (Å²) in [5, 5.41) is 3.46. The van der Waals surface area contributed by atoms with Gasteiger partial charge in [-0.2, -0.15) is 0 Å². The minimum absolute atomic E-state index is 0.282. The first-order chi connectivity index (χ1) is 11.6. The summed E-state index contributed by atoms with van der Waals surface area (Å²) in [6, 6.07) is 0.493. The van der Waals surface area contributed by atoms with Gasteiger partial charge in [0.05, 0.1) is 6.54 Å². The maximum absolute atomic E-state index is 12.6. The van der Waals surface area contributed by atoms with E-state index in [9.17, 15) is 4.79 Å². The van der Waals surface area contributed by atoms with Crippen molar-refractivity contribution in [2.24, 2.45) is 29.6 Å². The van der Waals surface area contributed by atoms with E-state index in [1.165, 1.54) is 38.6 Å². The van der Waals surface area contributed by atoms with Crippen LogP contribution in [0.4, 0.5) is 0 Å². The fourth-order valence-electron chi connectivity index (χ4n) is 6.24. The predicted octanol–water partition coefficient (Wildman–Crippen LogP) is 2.20. The van der Waals surface area contributed by atoms with E-state index in [2.05, 4.69) is 29.0 Å². The first kappa shape index (κ1) is 16.8. The molecule has 4 bridgehead atoms. The summed E-state index contributed by atoms with van der Waals surface area (Å²) in [5.41, 5.74) is 0. The largest absolute Gasteiger partial charge is 0.352 e. The van der Waals surface area contributed by atoms with Gasteiger partial charge in [-0.15, -0.1) is 0 Å². The highest BCUT2D eigenvalue weighted by atomic mass is 16.2. The molecule has 0 radical (unpaired) electrons. The zero-order chi connectivity index (χ0) is 16.7. The maximum atomic E-state index is 12.6. The molecule has 1 heterocycles. The van der Waals surface area contributed by atoms with Gasteiger partial charge in [-0.3, -0.25) is 9.69 Å². The van der Waals surface area contributed by atoms with Gasteiger partial charge in [-0.05, 0) is 61.7 Å². The Morgan fingerprint density at radius 3 is 2.00 bits per heavy atom. The van der Waals surface area contributed by atoms with Crippen LogP contribution in [0.5, 0.6) is 0 Å². The standard InChI is InChI=1S/C20H35N3O/c1-14(2)12-22-3-5-23(6-4-22)13-19(24)21-20-17-8-15-7-16(10-17)11-18(20)9-15/h14-18,20H,3-13H2,1-2H3,(H,21,24). The number of carbonyl (C=O) groups is 1. The summed E-state index contributed by atoms with van der Waals surface area (Å²) < 4.78 is 0. The van der Waals surface area contributed by atoms with Crippen molar-refractivity contribution in [3.05, 3.63) is 0 Å². The quantitative estimate of drug-likeness (QED) is 0.838. The fraction of sp³-hybridized carbons (Fsp3) is 0.950. The van der Waals surface area contributed by atoms with Crippen molar-refractivity contribution in [2.45, 2.75) is 52.0 Å². The van der Waals surface area contributed by atoms with Crippen LogP contribution < -0.4 is 5.32 Å². The Labute approximate surface area is 147 Å². The van der Waals surface area contributed by atoms with Crippen molar-refractivity contribution in [2.75, 3.05) is 39.3 Å². The van der Waals surface area contributed by atoms with E-state index < -0.39 is 0 Å². The lowest BCUT2D eigenvalue weighted by molar-refractivity contribution is -0.126. The summed E-state index contributed by atoms with van der Waals surface area (Å²) >= 11 is 0. The number of nitrogens with zero attached hydrogens (tertiary/aromatic N) is 2. The number of rotatable bonds is 5. The molecule has 5 aliphatic rings. The van der Waals surface area contributed by atoms with E-state index in [4.69, 9.17) is 0 Å². The Morgan fingerprint density at radius 2 is 1.46 bits per heavy atom. The SMILES string of the molecule is CC(C)CN1CCN(CC(=O)NC2C3CC4CC(C3)CC2C4)CC1. The Hall–Kier alpha value is -0.610. The molecule has 4 heteroatoms. The molecule has 0 aromatic rings. The zero-order valence-electron chi connectivity index (χ0n) is 15.5. The molecular formula is C20H35N3O. The van der Waals surface area contributed by atoms with E-state index in [0.29, 0.717) is 12.6 Å². The van der Waals surface area contributed by atoms with Crippen LogP contribution in [0.2, 0.25) is 0 Å². The van der Waals surface area contributed by atoms with Crippen LogP contribution in [-0.4, -0.2) is 61.0 Å². The van der Waals surface area contributed by atoms with Crippen molar-refractivity contribution < 1.29 is 4.79 Å². The number of hydrogen-bond donors (Lipinski definition) is 1. The van der Waals surface area contributed by atoms with Gasteiger partial charge in [0, 0.05) is 38.8 Å². The molecule has 4 aliphatic carbocycles. The van der Waals surface area contributed by atoms with Crippen molar-refractivity contribution >= 4 is 5.91 Å². The molecule has 5 rings (SSSR count). The molecule has 5 fully saturated rings. The Morgan fingerprint density at radius 1 is 0.917 bits per heavy atom. The van der Waals surface area contributed by atoms with E-state index >= 15 is 0 Å². The molecule has 24 heavy (non-hydrogen) atoms. The Bertz CT molecular complexity index is 428. The second-order valence-electron chi connectivity index (χ2n) is 9.49. The average Bonchev–Trinajstić information content (AvgIpc) is 2.51. The number of carbonyl (C=O) groups excluding carboxylic acids is 1. The maximum Gasteiger partial charge on any atom is 0.234 e. The first-order valence-corrected chi connectivity index (χ1v) is 10.3. The second kappa shape index (κ2) is 6.95. The van der Waals surface area contributed by atoms with E-state index in [1.54, 1.807) is 0 Å². The molecule has 0 unspecified atom stereocenters. The molecule has 0 aromatic heterocycles. The van der Waals surface area contributed by atoms with Crippen molar-refractivity contribution in [1.29, 1.82) is 0 Å². The molecule has 136 valence electrons. The minimum Gasteiger partial charge on any atom is -0.352 e. The van der Waals surface area contributed by atoms with Gasteiger partial charge in [0.25, 0.3) is 0 Å². The third-order valence-electron chi connectivity index (χ3n) is 7.01. The lowest BCUT2D eigenvalue weighted by Crippen LogP contribution is -2.57. The molecule has 0 spiro atoms. The third-order valence-corrected chi connectivity index (χ3v) is 7.01. The van der Waals surface area contributed by atoms with Gasteiger partial charge in [0.15, 0.2) is 0 Å². The van der Waals surface area contributed by atoms with Gasteiger partial charge in [0.2, 0.25) is 5.91 Å². The molecule has 4 saturated carbocycles. The fourth-order valence-corrected chi connectivity index (χ4v) is 6.24. The van der Waals surface area contributed by atoms with Crippen LogP contribution in [-0.2, 0) is 4.79 Å². The first-order valence-electron chi connectivity index (χ1n) is 10.3. The number of hydrogen-bond acceptors (Lipinski definition) is 3. The van der Waals surface area contributed by atoms with Crippen molar-refractivity contribution in [3.8, 4) is 0 Å². The van der Waals surface area contributed by atoms with Crippen LogP contribution in [0.3, 0.4) is 0 Å². The van der Waals surface area contributed by atoms with Crippen molar-refractivity contribution in [3.63, 3.8) is 0 Å². The van der Waals surface area contributed by atoms with Crippen LogP contribution in [0.15, 0.2) is 0 Å². The summed E-state index contributed by atoms with van der Waals surface area (Å²) in [5.74, 6) is 4.55. The number of amides is 1. The van der Waals surface area contributed by atoms with Crippen LogP contribution in [0.1, 0.15) is 46.0 Å². The average molecular weight is 334 g/mol. The lowest BCUT2D eigenvalue weighted by Gasteiger charge is -2.54. The normalized spacial score (nSPS) is 39.5. The van der Waals surface area contributed by atoms with Crippen LogP contribution in [0, 0.1) is 29.6 Å². The van der Waals surface area contributed by atoms with Gasteiger partial charge in [-0.1, -0.05) is 13.8 Å². The molecule has 1 saturated heterocycles. The highest BCUT2D eigenvalue weighted by Gasteiger charge is 2.48. The predicted molar refractivity (Wildman–Crippen MR) is 96.7 cm³/mol. The van der Waals surface area contributed by atoms with Crippen molar-refractivity contribution in [1.82, 2.24) is 15.1 Å². The molecule has 1 N–H and O–H groups in total. The number of nitrogens with one attached hydrogen (secondary N) is 1. The van der Waals surface area contributed by atoms with Gasteiger partial charge < -0.3 is 10.2 Å². The zero-order valence-corrected chi connectivity index (χ0v) is 15.5. The molecular weight excluding hydrogens is 298 g/mol. The topological polar surface area (TPSA) is 35.6 Å². The summed E-state index contributed by atoms with van der Waals surface area (Å²) in [6.07, 6.45) is 7.00. The minimum atomic E-state index is 0.282. The molecule has 1 amide bonds. The lowest BCUT2D eigenvalue weighted by atomic mass is 9.54. The molecule has 4 nitrogen and oxygen atoms in total. The van der Waals surface area contributed by atoms with E-state index in [1.807, 2.05) is 0 Å².